The Kier molecular flexibility index (Phi) is 5.68. The van der Waals surface area contributed by atoms with Gasteiger partial charge in [0.15, 0.2) is 5.82 Å². The van der Waals surface area contributed by atoms with Crippen molar-refractivity contribution in [2.75, 3.05) is 31.1 Å². The maximum absolute atomic E-state index is 13.1. The van der Waals surface area contributed by atoms with Gasteiger partial charge >= 0.3 is 6.09 Å². The molecule has 1 aromatic carbocycles. The first-order valence-electron chi connectivity index (χ1n) is 11.5. The second-order valence-electron chi connectivity index (χ2n) is 9.90. The fraction of sp³-hybridized carbons (Fsp3) is 0.542. The Balaban J connectivity index is 1.08. The molecule has 7 nitrogen and oxygen atoms in total. The Hall–Kier alpha value is -2.81. The van der Waals surface area contributed by atoms with Crippen molar-refractivity contribution in [3.8, 4) is 0 Å². The summed E-state index contributed by atoms with van der Waals surface area (Å²) >= 11 is 0. The van der Waals surface area contributed by atoms with Gasteiger partial charge in [-0.3, -0.25) is 9.80 Å². The maximum atomic E-state index is 13.1. The van der Waals surface area contributed by atoms with Crippen LogP contribution in [0.3, 0.4) is 0 Å². The Bertz CT molecular complexity index is 977. The number of carbonyl (C=O) groups excluding carboxylic acids is 1. The Morgan fingerprint density at radius 3 is 2.24 bits per heavy atom. The zero-order chi connectivity index (χ0) is 23.2. The van der Waals surface area contributed by atoms with E-state index in [2.05, 4.69) is 14.9 Å². The van der Waals surface area contributed by atoms with E-state index in [1.807, 2.05) is 30.9 Å². The number of aromatic nitrogens is 2. The monoisotopic (exact) mass is 457 g/mol. The third-order valence-electron chi connectivity index (χ3n) is 7.05. The predicted molar refractivity (Wildman–Crippen MR) is 119 cm³/mol. The lowest BCUT2D eigenvalue weighted by molar-refractivity contribution is -0.137. The van der Waals surface area contributed by atoms with E-state index < -0.39 is 5.82 Å². The van der Waals surface area contributed by atoms with E-state index in [-0.39, 0.29) is 35.5 Å². The van der Waals surface area contributed by atoms with Gasteiger partial charge in [0.1, 0.15) is 11.9 Å². The number of likely N-dealkylation sites (tertiary alicyclic amines) is 1. The minimum Gasteiger partial charge on any atom is -0.446 e. The number of hydrogen-bond acceptors (Lipinski definition) is 6. The van der Waals surface area contributed by atoms with Gasteiger partial charge in [-0.2, -0.15) is 0 Å². The molecular weight excluding hydrogens is 428 g/mol. The summed E-state index contributed by atoms with van der Waals surface area (Å²) in [6, 6.07) is 6.51. The van der Waals surface area contributed by atoms with Crippen LogP contribution in [-0.2, 0) is 11.3 Å². The summed E-state index contributed by atoms with van der Waals surface area (Å²) in [5, 5.41) is 0. The molecule has 0 N–H and O–H groups in total. The third kappa shape index (κ3) is 4.51. The fourth-order valence-electron chi connectivity index (χ4n) is 5.63. The Morgan fingerprint density at radius 2 is 1.64 bits per heavy atom. The summed E-state index contributed by atoms with van der Waals surface area (Å²) in [6.07, 6.45) is 3.80. The number of ether oxygens (including phenoxy) is 1. The summed E-state index contributed by atoms with van der Waals surface area (Å²) in [6.45, 7) is 7.90. The van der Waals surface area contributed by atoms with Gasteiger partial charge in [0.2, 0.25) is 5.95 Å². The molecule has 1 saturated carbocycles. The minimum absolute atomic E-state index is 0.0386. The van der Waals surface area contributed by atoms with Crippen molar-refractivity contribution in [2.24, 2.45) is 5.41 Å². The highest BCUT2D eigenvalue weighted by molar-refractivity contribution is 5.69. The summed E-state index contributed by atoms with van der Waals surface area (Å²) < 4.78 is 32.0. The highest BCUT2D eigenvalue weighted by atomic mass is 19.1. The first-order valence-corrected chi connectivity index (χ1v) is 11.5. The average molecular weight is 458 g/mol. The van der Waals surface area contributed by atoms with Gasteiger partial charge in [0, 0.05) is 38.1 Å². The Morgan fingerprint density at radius 1 is 1.03 bits per heavy atom. The van der Waals surface area contributed by atoms with Crippen molar-refractivity contribution < 1.29 is 18.3 Å². The van der Waals surface area contributed by atoms with Crippen LogP contribution in [0.5, 0.6) is 0 Å². The van der Waals surface area contributed by atoms with Crippen LogP contribution in [0.2, 0.25) is 0 Å². The summed E-state index contributed by atoms with van der Waals surface area (Å²) in [5.41, 5.74) is 1.36. The number of carbonyl (C=O) groups is 1. The fourth-order valence-corrected chi connectivity index (χ4v) is 5.63. The number of halogens is 2. The van der Waals surface area contributed by atoms with Gasteiger partial charge in [0.25, 0.3) is 0 Å². The molecule has 2 aliphatic heterocycles. The van der Waals surface area contributed by atoms with Crippen molar-refractivity contribution in [1.29, 1.82) is 0 Å². The molecule has 2 atom stereocenters. The largest absolute Gasteiger partial charge is 0.446 e. The lowest BCUT2D eigenvalue weighted by Crippen LogP contribution is -2.65. The number of nitrogens with zero attached hydrogens (tertiary/aromatic N) is 5. The quantitative estimate of drug-likeness (QED) is 0.701. The zero-order valence-corrected chi connectivity index (χ0v) is 19.0. The van der Waals surface area contributed by atoms with Crippen LogP contribution in [0.1, 0.15) is 32.3 Å². The van der Waals surface area contributed by atoms with E-state index in [4.69, 9.17) is 4.74 Å². The first-order chi connectivity index (χ1) is 15.8. The highest BCUT2D eigenvalue weighted by Crippen LogP contribution is 2.50. The van der Waals surface area contributed by atoms with Crippen molar-refractivity contribution in [3.05, 3.63) is 53.9 Å². The predicted octanol–water partition coefficient (Wildman–Crippen LogP) is 3.46. The molecule has 5 rings (SSSR count). The van der Waals surface area contributed by atoms with Crippen LogP contribution in [0.25, 0.3) is 0 Å². The maximum Gasteiger partial charge on any atom is 0.410 e. The lowest BCUT2D eigenvalue weighted by Gasteiger charge is -2.58. The van der Waals surface area contributed by atoms with Crippen LogP contribution in [0, 0.1) is 17.0 Å². The number of hydrogen-bond donors (Lipinski definition) is 0. The molecule has 1 amide bonds. The second kappa shape index (κ2) is 8.52. The molecule has 2 aromatic rings. The molecule has 3 aliphatic rings. The van der Waals surface area contributed by atoms with Crippen LogP contribution >= 0.6 is 0 Å². The molecule has 1 aliphatic carbocycles. The summed E-state index contributed by atoms with van der Waals surface area (Å²) in [4.78, 5) is 27.2. The van der Waals surface area contributed by atoms with E-state index in [1.165, 1.54) is 12.1 Å². The van der Waals surface area contributed by atoms with Gasteiger partial charge in [-0.15, -0.1) is 0 Å². The van der Waals surface area contributed by atoms with E-state index >= 15 is 0 Å². The van der Waals surface area contributed by atoms with Gasteiger partial charge in [-0.25, -0.2) is 23.5 Å². The van der Waals surface area contributed by atoms with Crippen molar-refractivity contribution in [2.45, 2.75) is 51.4 Å². The molecule has 2 saturated heterocycles. The summed E-state index contributed by atoms with van der Waals surface area (Å²) in [5.74, 6) is -0.207. The van der Waals surface area contributed by atoms with Crippen molar-refractivity contribution in [3.63, 3.8) is 0 Å². The van der Waals surface area contributed by atoms with Crippen molar-refractivity contribution in [1.82, 2.24) is 19.8 Å². The molecule has 176 valence electrons. The molecule has 3 heterocycles. The molecule has 1 spiro atoms. The number of amides is 1. The molecule has 9 heteroatoms. The second-order valence-corrected chi connectivity index (χ2v) is 9.90. The standard InChI is InChI=1S/C24H29F2N5O2/c1-16-11-30(22-27-9-20(26)10-28-22)12-17(2)31(16)23(32)33-21-7-24(8-21)14-29(15-24)13-18-3-5-19(25)6-4-18/h3-6,9-10,16-17,21H,7-8,11-15H2,1-2H3/t16-,17+. The number of rotatable bonds is 4. The molecule has 0 bridgehead atoms. The van der Waals surface area contributed by atoms with E-state index in [9.17, 15) is 13.6 Å². The molecule has 1 aromatic heterocycles. The Labute approximate surface area is 192 Å². The highest BCUT2D eigenvalue weighted by Gasteiger charge is 2.54. The van der Waals surface area contributed by atoms with Gasteiger partial charge in [-0.1, -0.05) is 12.1 Å². The van der Waals surface area contributed by atoms with E-state index in [0.29, 0.717) is 19.0 Å². The van der Waals surface area contributed by atoms with Crippen molar-refractivity contribution >= 4 is 12.0 Å². The van der Waals surface area contributed by atoms with Crippen LogP contribution in [-0.4, -0.2) is 70.2 Å². The smallest absolute Gasteiger partial charge is 0.410 e. The zero-order valence-electron chi connectivity index (χ0n) is 19.0. The van der Waals surface area contributed by atoms with Gasteiger partial charge in [-0.05, 0) is 44.4 Å². The molecule has 3 fully saturated rings. The molecular formula is C24H29F2N5O2. The topological polar surface area (TPSA) is 61.8 Å². The van der Waals surface area contributed by atoms with Crippen LogP contribution in [0.15, 0.2) is 36.7 Å². The SMILES string of the molecule is C[C@@H]1CN(c2ncc(F)cn2)C[C@H](C)N1C(=O)OC1CC2(C1)CN(Cc1ccc(F)cc1)C2. The third-order valence-corrected chi connectivity index (χ3v) is 7.05. The molecule has 33 heavy (non-hydrogen) atoms. The van der Waals surface area contributed by atoms with Crippen LogP contribution < -0.4 is 4.90 Å². The molecule has 0 radical (unpaired) electrons. The van der Waals surface area contributed by atoms with Gasteiger partial charge in [0.05, 0.1) is 24.5 Å². The number of piperazine rings is 1. The average Bonchev–Trinajstić information content (AvgIpc) is 2.72. The minimum atomic E-state index is -0.467. The lowest BCUT2D eigenvalue weighted by atomic mass is 9.61. The first kappa shape index (κ1) is 22.0. The summed E-state index contributed by atoms with van der Waals surface area (Å²) in [7, 11) is 0. The number of anilines is 1. The number of benzene rings is 1. The van der Waals surface area contributed by atoms with Gasteiger partial charge < -0.3 is 9.64 Å². The van der Waals surface area contributed by atoms with E-state index in [0.717, 1.165) is 50.4 Å². The molecule has 0 unspecified atom stereocenters. The van der Waals surface area contributed by atoms with E-state index in [1.54, 1.807) is 4.90 Å². The normalized spacial score (nSPS) is 25.0. The van der Waals surface area contributed by atoms with Crippen LogP contribution in [0.4, 0.5) is 19.5 Å².